The molecule has 5 rings (SSSR count). The van der Waals surface area contributed by atoms with E-state index in [1.54, 1.807) is 0 Å². The van der Waals surface area contributed by atoms with Crippen molar-refractivity contribution in [2.45, 2.75) is 69.7 Å². The lowest BCUT2D eigenvalue weighted by Crippen LogP contribution is -2.63. The minimum absolute atomic E-state index is 0.0523. The third kappa shape index (κ3) is 3.23. The van der Waals surface area contributed by atoms with Crippen molar-refractivity contribution >= 4 is 12.0 Å². The first kappa shape index (κ1) is 19.0. The van der Waals surface area contributed by atoms with Gasteiger partial charge in [0.1, 0.15) is 6.61 Å². The van der Waals surface area contributed by atoms with Gasteiger partial charge in [-0.05, 0) is 54.6 Å². The summed E-state index contributed by atoms with van der Waals surface area (Å²) in [4.78, 5) is 26.2. The number of alkyl carbamates (subject to hydrolysis) is 1. The molecule has 5 heteroatoms. The minimum Gasteiger partial charge on any atom is -0.447 e. The summed E-state index contributed by atoms with van der Waals surface area (Å²) in [7, 11) is 0. The molecule has 2 heterocycles. The summed E-state index contributed by atoms with van der Waals surface area (Å²) in [5.41, 5.74) is 3.10. The van der Waals surface area contributed by atoms with Crippen molar-refractivity contribution in [3.05, 3.63) is 35.4 Å². The largest absolute Gasteiger partial charge is 0.447 e. The molecule has 1 unspecified atom stereocenters. The zero-order chi connectivity index (χ0) is 20.4. The van der Waals surface area contributed by atoms with Crippen LogP contribution in [-0.2, 0) is 14.9 Å². The Balaban J connectivity index is 1.14. The second-order valence-electron chi connectivity index (χ2n) is 11.1. The van der Waals surface area contributed by atoms with Gasteiger partial charge in [-0.15, -0.1) is 0 Å². The first-order valence-corrected chi connectivity index (χ1v) is 11.0. The van der Waals surface area contributed by atoms with E-state index < -0.39 is 0 Å². The lowest BCUT2D eigenvalue weighted by atomic mass is 9.67. The van der Waals surface area contributed by atoms with E-state index in [0.717, 1.165) is 25.9 Å². The predicted molar refractivity (Wildman–Crippen MR) is 111 cm³/mol. The first-order valence-electron chi connectivity index (χ1n) is 11.0. The molecule has 1 atom stereocenters. The van der Waals surface area contributed by atoms with E-state index in [-0.39, 0.29) is 28.9 Å². The van der Waals surface area contributed by atoms with Crippen molar-refractivity contribution in [3.63, 3.8) is 0 Å². The van der Waals surface area contributed by atoms with E-state index in [0.29, 0.717) is 17.9 Å². The number of benzene rings is 1. The van der Waals surface area contributed by atoms with Gasteiger partial charge in [0.2, 0.25) is 5.91 Å². The van der Waals surface area contributed by atoms with Gasteiger partial charge in [0.15, 0.2) is 0 Å². The number of likely N-dealkylation sites (tertiary alicyclic amines) is 1. The van der Waals surface area contributed by atoms with Gasteiger partial charge in [-0.25, -0.2) is 4.79 Å². The molecule has 0 radical (unpaired) electrons. The summed E-state index contributed by atoms with van der Waals surface area (Å²) in [6.45, 7) is 9.00. The summed E-state index contributed by atoms with van der Waals surface area (Å²) < 4.78 is 5.02. The molecule has 2 saturated heterocycles. The number of nitrogens with one attached hydrogen (secondary N) is 1. The van der Waals surface area contributed by atoms with Gasteiger partial charge in [-0.2, -0.15) is 0 Å². The molecule has 1 N–H and O–H groups in total. The number of nitrogens with zero attached hydrogens (tertiary/aromatic N) is 1. The molecule has 156 valence electrons. The molecule has 4 fully saturated rings. The molecule has 0 bridgehead atoms. The lowest BCUT2D eigenvalue weighted by molar-refractivity contribution is -0.153. The van der Waals surface area contributed by atoms with Crippen LogP contribution in [0, 0.1) is 11.3 Å². The van der Waals surface area contributed by atoms with Crippen LogP contribution in [0.25, 0.3) is 0 Å². The highest BCUT2D eigenvalue weighted by Crippen LogP contribution is 2.53. The van der Waals surface area contributed by atoms with Gasteiger partial charge in [-0.3, -0.25) is 4.79 Å². The standard InChI is InChI=1S/C24H32N2O3/c1-22(2,3)19-6-4-16(5-7-19)17-8-9-23(10-17)13-26(14-23)20(27)18-11-24(12-18)15-29-21(28)25-24/h4-7,17-18H,8-15H2,1-3H3,(H,25,28). The SMILES string of the molecule is CC(C)(C)c1ccc(C2CCC3(C2)CN(C(=O)C2CC4(COC(=O)N4)C2)C3)cc1. The zero-order valence-corrected chi connectivity index (χ0v) is 17.8. The number of hydrogen-bond donors (Lipinski definition) is 1. The fourth-order valence-electron chi connectivity index (χ4n) is 5.98. The van der Waals surface area contributed by atoms with Gasteiger partial charge < -0.3 is 15.0 Å². The molecule has 29 heavy (non-hydrogen) atoms. The molecular weight excluding hydrogens is 364 g/mol. The van der Waals surface area contributed by atoms with Crippen LogP contribution in [0.1, 0.15) is 69.9 Å². The average molecular weight is 397 g/mol. The molecule has 2 amide bonds. The van der Waals surface area contributed by atoms with Crippen LogP contribution in [-0.4, -0.2) is 42.1 Å². The molecular formula is C24H32N2O3. The van der Waals surface area contributed by atoms with E-state index >= 15 is 0 Å². The van der Waals surface area contributed by atoms with Crippen molar-refractivity contribution in [2.75, 3.05) is 19.7 Å². The van der Waals surface area contributed by atoms with E-state index in [1.807, 2.05) is 0 Å². The van der Waals surface area contributed by atoms with Crippen LogP contribution in [0.3, 0.4) is 0 Å². The van der Waals surface area contributed by atoms with E-state index in [2.05, 4.69) is 55.3 Å². The Morgan fingerprint density at radius 2 is 1.83 bits per heavy atom. The Hall–Kier alpha value is -2.04. The number of carbonyl (C=O) groups excluding carboxylic acids is 2. The second kappa shape index (κ2) is 6.23. The topological polar surface area (TPSA) is 58.6 Å². The highest BCUT2D eigenvalue weighted by Gasteiger charge is 2.56. The van der Waals surface area contributed by atoms with Crippen molar-refractivity contribution in [1.82, 2.24) is 10.2 Å². The Morgan fingerprint density at radius 3 is 2.41 bits per heavy atom. The lowest BCUT2D eigenvalue weighted by Gasteiger charge is -2.52. The third-order valence-corrected chi connectivity index (χ3v) is 7.79. The Kier molecular flexibility index (Phi) is 4.07. The van der Waals surface area contributed by atoms with Crippen LogP contribution in [0.2, 0.25) is 0 Å². The molecule has 2 spiro atoms. The van der Waals surface area contributed by atoms with Gasteiger partial charge in [-0.1, -0.05) is 45.0 Å². The Bertz CT molecular complexity index is 827. The molecule has 5 nitrogen and oxygen atoms in total. The van der Waals surface area contributed by atoms with Crippen molar-refractivity contribution in [1.29, 1.82) is 0 Å². The maximum Gasteiger partial charge on any atom is 0.407 e. The van der Waals surface area contributed by atoms with Crippen LogP contribution >= 0.6 is 0 Å². The summed E-state index contributed by atoms with van der Waals surface area (Å²) in [5, 5.41) is 2.88. The maximum absolute atomic E-state index is 12.8. The summed E-state index contributed by atoms with van der Waals surface area (Å²) >= 11 is 0. The number of rotatable bonds is 2. The molecule has 1 aromatic rings. The van der Waals surface area contributed by atoms with E-state index in [4.69, 9.17) is 4.74 Å². The summed E-state index contributed by atoms with van der Waals surface area (Å²) in [6.07, 6.45) is 4.76. The zero-order valence-electron chi connectivity index (χ0n) is 17.8. The fourth-order valence-corrected chi connectivity index (χ4v) is 5.98. The smallest absolute Gasteiger partial charge is 0.407 e. The number of carbonyl (C=O) groups is 2. The molecule has 2 aliphatic heterocycles. The third-order valence-electron chi connectivity index (χ3n) is 7.79. The van der Waals surface area contributed by atoms with Gasteiger partial charge in [0, 0.05) is 24.4 Å². The molecule has 4 aliphatic rings. The number of cyclic esters (lactones) is 1. The molecule has 2 aliphatic carbocycles. The fraction of sp³-hybridized carbons (Fsp3) is 0.667. The first-order chi connectivity index (χ1) is 13.7. The van der Waals surface area contributed by atoms with Gasteiger partial charge in [0.05, 0.1) is 5.54 Å². The van der Waals surface area contributed by atoms with Crippen molar-refractivity contribution in [3.8, 4) is 0 Å². The summed E-state index contributed by atoms with van der Waals surface area (Å²) in [5.74, 6) is 0.955. The molecule has 1 aromatic carbocycles. The normalized spacial score (nSPS) is 32.7. The van der Waals surface area contributed by atoms with Crippen molar-refractivity contribution < 1.29 is 14.3 Å². The van der Waals surface area contributed by atoms with Gasteiger partial charge in [0.25, 0.3) is 0 Å². The monoisotopic (exact) mass is 396 g/mol. The van der Waals surface area contributed by atoms with Crippen LogP contribution < -0.4 is 5.32 Å². The number of amides is 2. The van der Waals surface area contributed by atoms with Crippen LogP contribution in [0.15, 0.2) is 24.3 Å². The Labute approximate surface area is 173 Å². The van der Waals surface area contributed by atoms with E-state index in [9.17, 15) is 9.59 Å². The second-order valence-corrected chi connectivity index (χ2v) is 11.1. The predicted octanol–water partition coefficient (Wildman–Crippen LogP) is 3.97. The van der Waals surface area contributed by atoms with Crippen LogP contribution in [0.5, 0.6) is 0 Å². The highest BCUT2D eigenvalue weighted by molar-refractivity contribution is 5.82. The maximum atomic E-state index is 12.8. The quantitative estimate of drug-likeness (QED) is 0.823. The highest BCUT2D eigenvalue weighted by atomic mass is 16.6. The van der Waals surface area contributed by atoms with Crippen LogP contribution in [0.4, 0.5) is 4.79 Å². The average Bonchev–Trinajstić information content (AvgIpc) is 3.22. The van der Waals surface area contributed by atoms with Gasteiger partial charge >= 0.3 is 6.09 Å². The summed E-state index contributed by atoms with van der Waals surface area (Å²) in [6, 6.07) is 9.21. The Morgan fingerprint density at radius 1 is 1.14 bits per heavy atom. The van der Waals surface area contributed by atoms with E-state index in [1.165, 1.54) is 30.4 Å². The number of ether oxygens (including phenoxy) is 1. The minimum atomic E-state index is -0.341. The molecule has 2 saturated carbocycles. The van der Waals surface area contributed by atoms with Crippen molar-refractivity contribution in [2.24, 2.45) is 11.3 Å². The molecule has 0 aromatic heterocycles. The number of hydrogen-bond acceptors (Lipinski definition) is 3.